The van der Waals surface area contributed by atoms with Gasteiger partial charge in [0.25, 0.3) is 10.0 Å². The molecular weight excluding hydrogens is 280 g/mol. The summed E-state index contributed by atoms with van der Waals surface area (Å²) >= 11 is 0. The van der Waals surface area contributed by atoms with E-state index in [1.165, 1.54) is 10.9 Å². The van der Waals surface area contributed by atoms with Crippen LogP contribution < -0.4 is 15.2 Å². The van der Waals surface area contributed by atoms with E-state index < -0.39 is 10.0 Å². The van der Waals surface area contributed by atoms with E-state index in [2.05, 4.69) is 9.71 Å². The molecule has 8 heteroatoms. The Kier molecular flexibility index (Phi) is 3.58. The summed E-state index contributed by atoms with van der Waals surface area (Å²) in [5, 5.41) is -0.0623. The molecule has 0 saturated heterocycles. The summed E-state index contributed by atoms with van der Waals surface area (Å²) < 4.78 is 33.6. The molecule has 0 aliphatic carbocycles. The first-order chi connectivity index (χ1) is 9.35. The molecule has 108 valence electrons. The number of nitrogens with one attached hydrogen (secondary N) is 1. The number of methoxy groups -OCH3 is 1. The van der Waals surface area contributed by atoms with Crippen molar-refractivity contribution in [3.8, 4) is 5.75 Å². The minimum absolute atomic E-state index is 0.0360. The fourth-order valence-corrected chi connectivity index (χ4v) is 3.20. The van der Waals surface area contributed by atoms with E-state index in [-0.39, 0.29) is 10.8 Å². The van der Waals surface area contributed by atoms with Crippen LogP contribution in [0.15, 0.2) is 29.6 Å². The van der Waals surface area contributed by atoms with Crippen molar-refractivity contribution in [3.05, 3.63) is 30.1 Å². The number of nitrogens with zero attached hydrogens (tertiary/aromatic N) is 2. The molecule has 2 aromatic rings. The summed E-state index contributed by atoms with van der Waals surface area (Å²) in [5.74, 6) is 0.622. The predicted molar refractivity (Wildman–Crippen MR) is 76.2 cm³/mol. The summed E-state index contributed by atoms with van der Waals surface area (Å²) in [6.45, 7) is 1.78. The van der Waals surface area contributed by atoms with Crippen LogP contribution in [0.25, 0.3) is 0 Å². The summed E-state index contributed by atoms with van der Waals surface area (Å²) in [4.78, 5) is 3.78. The van der Waals surface area contributed by atoms with Gasteiger partial charge in [-0.15, -0.1) is 0 Å². The zero-order valence-corrected chi connectivity index (χ0v) is 12.2. The van der Waals surface area contributed by atoms with Crippen LogP contribution in [0.1, 0.15) is 5.56 Å². The fourth-order valence-electron chi connectivity index (χ4n) is 1.84. The number of sulfonamides is 1. The molecule has 0 bridgehead atoms. The SMILES string of the molecule is COc1ccc(NS(=O)(=O)c2c(N)ncn2C)c(C)c1. The first kappa shape index (κ1) is 14.2. The van der Waals surface area contributed by atoms with Gasteiger partial charge in [0.15, 0.2) is 10.8 Å². The maximum atomic E-state index is 12.3. The van der Waals surface area contributed by atoms with E-state index in [1.54, 1.807) is 39.3 Å². The number of benzene rings is 1. The molecule has 1 aromatic carbocycles. The van der Waals surface area contributed by atoms with Crippen LogP contribution in [0.2, 0.25) is 0 Å². The van der Waals surface area contributed by atoms with Gasteiger partial charge in [0.1, 0.15) is 5.75 Å². The first-order valence-corrected chi connectivity index (χ1v) is 7.27. The van der Waals surface area contributed by atoms with Gasteiger partial charge in [-0.05, 0) is 30.7 Å². The van der Waals surface area contributed by atoms with Crippen LogP contribution >= 0.6 is 0 Å². The Morgan fingerprint density at radius 3 is 2.60 bits per heavy atom. The Balaban J connectivity index is 2.39. The molecular formula is C12H16N4O3S. The second kappa shape index (κ2) is 5.04. The number of rotatable bonds is 4. The van der Waals surface area contributed by atoms with Gasteiger partial charge in [0.05, 0.1) is 19.1 Å². The molecule has 0 saturated carbocycles. The lowest BCUT2D eigenvalue weighted by atomic mass is 10.2. The van der Waals surface area contributed by atoms with Crippen molar-refractivity contribution in [3.63, 3.8) is 0 Å². The van der Waals surface area contributed by atoms with Crippen LogP contribution in [-0.4, -0.2) is 25.1 Å². The van der Waals surface area contributed by atoms with E-state index in [0.29, 0.717) is 11.4 Å². The Morgan fingerprint density at radius 1 is 1.40 bits per heavy atom. The molecule has 1 aromatic heterocycles. The maximum absolute atomic E-state index is 12.3. The molecule has 0 amide bonds. The number of aromatic nitrogens is 2. The third-order valence-corrected chi connectivity index (χ3v) is 4.34. The summed E-state index contributed by atoms with van der Waals surface area (Å²) in [6.07, 6.45) is 1.35. The lowest BCUT2D eigenvalue weighted by molar-refractivity contribution is 0.414. The zero-order chi connectivity index (χ0) is 14.9. The molecule has 0 spiro atoms. The van der Waals surface area contributed by atoms with Crippen molar-refractivity contribution in [1.29, 1.82) is 0 Å². The molecule has 0 aliphatic heterocycles. The molecule has 1 heterocycles. The first-order valence-electron chi connectivity index (χ1n) is 5.79. The van der Waals surface area contributed by atoms with Crippen LogP contribution in [0.5, 0.6) is 5.75 Å². The lowest BCUT2D eigenvalue weighted by Crippen LogP contribution is -2.18. The van der Waals surface area contributed by atoms with Crippen LogP contribution in [0.3, 0.4) is 0 Å². The molecule has 7 nitrogen and oxygen atoms in total. The van der Waals surface area contributed by atoms with Gasteiger partial charge < -0.3 is 15.0 Å². The minimum Gasteiger partial charge on any atom is -0.497 e. The van der Waals surface area contributed by atoms with Gasteiger partial charge >= 0.3 is 0 Å². The van der Waals surface area contributed by atoms with Crippen LogP contribution in [0.4, 0.5) is 11.5 Å². The molecule has 0 unspecified atom stereocenters. The number of nitrogen functional groups attached to an aromatic ring is 1. The average Bonchev–Trinajstić information content (AvgIpc) is 2.72. The smallest absolute Gasteiger partial charge is 0.281 e. The molecule has 0 radical (unpaired) electrons. The number of hydrogen-bond acceptors (Lipinski definition) is 5. The normalized spacial score (nSPS) is 11.3. The maximum Gasteiger partial charge on any atom is 0.281 e. The predicted octanol–water partition coefficient (Wildman–Crippen LogP) is 1.12. The Hall–Kier alpha value is -2.22. The molecule has 0 atom stereocenters. The molecule has 20 heavy (non-hydrogen) atoms. The van der Waals surface area contributed by atoms with E-state index in [1.807, 2.05) is 0 Å². The third-order valence-electron chi connectivity index (χ3n) is 2.84. The third kappa shape index (κ3) is 2.55. The van der Waals surface area contributed by atoms with E-state index in [0.717, 1.165) is 5.56 Å². The van der Waals surface area contributed by atoms with Gasteiger partial charge in [-0.25, -0.2) is 4.98 Å². The zero-order valence-electron chi connectivity index (χ0n) is 11.4. The quantitative estimate of drug-likeness (QED) is 0.880. The summed E-state index contributed by atoms with van der Waals surface area (Å²) in [7, 11) is -0.670. The highest BCUT2D eigenvalue weighted by Crippen LogP contribution is 2.25. The van der Waals surface area contributed by atoms with Gasteiger partial charge in [0, 0.05) is 7.05 Å². The largest absolute Gasteiger partial charge is 0.497 e. The average molecular weight is 296 g/mol. The lowest BCUT2D eigenvalue weighted by Gasteiger charge is -2.12. The van der Waals surface area contributed by atoms with Gasteiger partial charge in [0.2, 0.25) is 0 Å². The van der Waals surface area contributed by atoms with Crippen molar-refractivity contribution in [2.45, 2.75) is 11.9 Å². The molecule has 0 aliphatic rings. The number of nitrogens with two attached hydrogens (primary N) is 1. The number of anilines is 2. The van der Waals surface area contributed by atoms with E-state index >= 15 is 0 Å². The standard InChI is InChI=1S/C12H16N4O3S/c1-8-6-9(19-3)4-5-10(8)15-20(17,18)12-11(13)14-7-16(12)2/h4-7,15H,13H2,1-3H3. The summed E-state index contributed by atoms with van der Waals surface area (Å²) in [6, 6.07) is 5.06. The van der Waals surface area contributed by atoms with Crippen molar-refractivity contribution in [2.24, 2.45) is 7.05 Å². The molecule has 2 rings (SSSR count). The van der Waals surface area contributed by atoms with Crippen LogP contribution in [0, 0.1) is 6.92 Å². The van der Waals surface area contributed by atoms with Crippen molar-refractivity contribution in [1.82, 2.24) is 9.55 Å². The monoisotopic (exact) mass is 296 g/mol. The Bertz CT molecular complexity index is 718. The van der Waals surface area contributed by atoms with Gasteiger partial charge in [-0.3, -0.25) is 4.72 Å². The topological polar surface area (TPSA) is 99.2 Å². The highest BCUT2D eigenvalue weighted by atomic mass is 32.2. The highest BCUT2D eigenvalue weighted by molar-refractivity contribution is 7.92. The Labute approximate surface area is 117 Å². The second-order valence-electron chi connectivity index (χ2n) is 4.33. The number of imidazole rings is 1. The van der Waals surface area contributed by atoms with E-state index in [4.69, 9.17) is 10.5 Å². The summed E-state index contributed by atoms with van der Waals surface area (Å²) in [5.41, 5.74) is 6.80. The van der Waals surface area contributed by atoms with Gasteiger partial charge in [-0.2, -0.15) is 8.42 Å². The van der Waals surface area contributed by atoms with E-state index in [9.17, 15) is 8.42 Å². The van der Waals surface area contributed by atoms with Crippen molar-refractivity contribution >= 4 is 21.5 Å². The molecule has 0 fully saturated rings. The Morgan fingerprint density at radius 2 is 2.10 bits per heavy atom. The number of ether oxygens (including phenoxy) is 1. The van der Waals surface area contributed by atoms with Gasteiger partial charge in [-0.1, -0.05) is 0 Å². The minimum atomic E-state index is -3.79. The number of aryl methyl sites for hydroxylation is 2. The highest BCUT2D eigenvalue weighted by Gasteiger charge is 2.23. The van der Waals surface area contributed by atoms with Crippen molar-refractivity contribution in [2.75, 3.05) is 17.6 Å². The number of hydrogen-bond donors (Lipinski definition) is 2. The second-order valence-corrected chi connectivity index (χ2v) is 5.93. The van der Waals surface area contributed by atoms with Crippen LogP contribution in [-0.2, 0) is 17.1 Å². The fraction of sp³-hybridized carbons (Fsp3) is 0.250. The van der Waals surface area contributed by atoms with Crippen molar-refractivity contribution < 1.29 is 13.2 Å². The molecule has 3 N–H and O–H groups in total.